The molecule has 3 atom stereocenters. The molecule has 2 aliphatic rings. The van der Waals surface area contributed by atoms with Crippen LogP contribution in [0.15, 0.2) is 12.1 Å². The van der Waals surface area contributed by atoms with Crippen molar-refractivity contribution in [2.75, 3.05) is 7.11 Å². The van der Waals surface area contributed by atoms with E-state index in [0.29, 0.717) is 25.7 Å². The summed E-state index contributed by atoms with van der Waals surface area (Å²) in [5.41, 5.74) is 5.49. The van der Waals surface area contributed by atoms with E-state index in [4.69, 9.17) is 15.2 Å². The van der Waals surface area contributed by atoms with Crippen LogP contribution in [0.3, 0.4) is 0 Å². The van der Waals surface area contributed by atoms with Crippen molar-refractivity contribution in [2.45, 2.75) is 69.6 Å². The fourth-order valence-corrected chi connectivity index (χ4v) is 4.11. The van der Waals surface area contributed by atoms with Gasteiger partial charge in [0.15, 0.2) is 6.23 Å². The molecule has 32 heavy (non-hydrogen) atoms. The van der Waals surface area contributed by atoms with E-state index in [2.05, 4.69) is 10.3 Å². The Morgan fingerprint density at radius 3 is 2.56 bits per heavy atom. The third-order valence-corrected chi connectivity index (χ3v) is 5.98. The van der Waals surface area contributed by atoms with Crippen LogP contribution in [0.4, 0.5) is 18.0 Å². The van der Waals surface area contributed by atoms with E-state index in [0.717, 1.165) is 6.92 Å². The van der Waals surface area contributed by atoms with E-state index in [9.17, 15) is 27.9 Å². The van der Waals surface area contributed by atoms with Crippen molar-refractivity contribution in [2.24, 2.45) is 11.7 Å². The summed E-state index contributed by atoms with van der Waals surface area (Å²) in [6.07, 6.45) is -4.54. The van der Waals surface area contributed by atoms with E-state index in [1.165, 1.54) is 24.1 Å². The molecule has 2 fully saturated rings. The number of nitrogens with zero attached hydrogens (tertiary/aromatic N) is 2. The molecular formula is C20H27F3N4O5. The summed E-state index contributed by atoms with van der Waals surface area (Å²) in [7, 11) is 1.43. The fraction of sp³-hybridized carbons (Fsp3) is 0.650. The molecule has 2 unspecified atom stereocenters. The molecule has 2 heterocycles. The molecule has 9 nitrogen and oxygen atoms in total. The molecule has 0 spiro atoms. The Morgan fingerprint density at radius 1 is 1.34 bits per heavy atom. The first-order chi connectivity index (χ1) is 15.0. The number of methoxy groups -OCH3 is 1. The van der Waals surface area contributed by atoms with Crippen LogP contribution < -0.4 is 20.5 Å². The average molecular weight is 460 g/mol. The Bertz CT molecular complexity index is 845. The Hall–Kier alpha value is -2.76. The van der Waals surface area contributed by atoms with E-state index < -0.39 is 42.7 Å². The number of aliphatic hydroxyl groups is 1. The van der Waals surface area contributed by atoms with Gasteiger partial charge in [-0.15, -0.1) is 0 Å². The first-order valence-electron chi connectivity index (χ1n) is 10.4. The Balaban J connectivity index is 1.60. The maximum Gasteiger partial charge on any atom is 0.391 e. The molecule has 1 saturated heterocycles. The topological polar surface area (TPSA) is 127 Å². The molecule has 1 aromatic heterocycles. The zero-order valence-corrected chi connectivity index (χ0v) is 17.8. The zero-order chi connectivity index (χ0) is 23.6. The number of pyridine rings is 1. The number of carbonyl (C=O) groups is 2. The monoisotopic (exact) mass is 460 g/mol. The van der Waals surface area contributed by atoms with Crippen LogP contribution in [-0.4, -0.2) is 64.6 Å². The molecule has 178 valence electrons. The SMILES string of the molecule is COc1ccc(C(N)=O)c(O[C@H]2CC[C@H](N3C(=O)N[C@@H](CC(C)C(F)(F)F)C3O)CC2)n1. The lowest BCUT2D eigenvalue weighted by Crippen LogP contribution is -2.47. The predicted octanol–water partition coefficient (Wildman–Crippen LogP) is 2.18. The number of alkyl halides is 3. The minimum Gasteiger partial charge on any atom is -0.481 e. The quantitative estimate of drug-likeness (QED) is 0.573. The van der Waals surface area contributed by atoms with Gasteiger partial charge in [-0.25, -0.2) is 4.79 Å². The van der Waals surface area contributed by atoms with Crippen LogP contribution in [-0.2, 0) is 0 Å². The van der Waals surface area contributed by atoms with Crippen LogP contribution in [0, 0.1) is 5.92 Å². The second-order valence-corrected chi connectivity index (χ2v) is 8.17. The summed E-state index contributed by atoms with van der Waals surface area (Å²) in [5, 5.41) is 13.0. The predicted molar refractivity (Wildman–Crippen MR) is 106 cm³/mol. The van der Waals surface area contributed by atoms with Gasteiger partial charge in [0, 0.05) is 12.1 Å². The highest BCUT2D eigenvalue weighted by molar-refractivity contribution is 5.95. The van der Waals surface area contributed by atoms with Gasteiger partial charge in [-0.1, -0.05) is 6.92 Å². The second kappa shape index (κ2) is 9.39. The molecule has 12 heteroatoms. The largest absolute Gasteiger partial charge is 0.481 e. The molecule has 0 aromatic carbocycles. The van der Waals surface area contributed by atoms with Crippen molar-refractivity contribution in [1.82, 2.24) is 15.2 Å². The smallest absolute Gasteiger partial charge is 0.391 e. The molecule has 0 radical (unpaired) electrons. The maximum atomic E-state index is 12.9. The number of nitrogens with two attached hydrogens (primary N) is 1. The summed E-state index contributed by atoms with van der Waals surface area (Å²) in [5.74, 6) is -2.03. The van der Waals surface area contributed by atoms with Crippen molar-refractivity contribution in [3.05, 3.63) is 17.7 Å². The standard InChI is InChI=1S/C20H27F3N4O5/c1-10(20(21,22)23)9-14-18(29)27(19(30)25-14)11-3-5-12(6-4-11)32-17-13(16(24)28)7-8-15(26-17)31-2/h7-8,10-12,14,18,29H,3-6,9H2,1-2H3,(H2,24,28)(H,25,30)/t10?,11-,12-,14-,18?/m0/s1. The number of primary amides is 1. The first kappa shape index (κ1) is 23.9. The van der Waals surface area contributed by atoms with Crippen LogP contribution in [0.1, 0.15) is 49.4 Å². The number of aromatic nitrogens is 1. The lowest BCUT2D eigenvalue weighted by Gasteiger charge is -2.36. The number of carbonyl (C=O) groups excluding carboxylic acids is 2. The van der Waals surface area contributed by atoms with Crippen molar-refractivity contribution in [3.8, 4) is 11.8 Å². The van der Waals surface area contributed by atoms with Crippen LogP contribution in [0.25, 0.3) is 0 Å². The lowest BCUT2D eigenvalue weighted by atomic mass is 9.91. The van der Waals surface area contributed by atoms with Gasteiger partial charge >= 0.3 is 12.2 Å². The van der Waals surface area contributed by atoms with Gasteiger partial charge in [0.05, 0.1) is 19.1 Å². The third-order valence-electron chi connectivity index (χ3n) is 5.98. The van der Waals surface area contributed by atoms with Gasteiger partial charge < -0.3 is 25.6 Å². The molecule has 1 saturated carbocycles. The average Bonchev–Trinajstić information content (AvgIpc) is 3.00. The number of hydrogen-bond acceptors (Lipinski definition) is 6. The minimum atomic E-state index is -4.40. The highest BCUT2D eigenvalue weighted by Gasteiger charge is 2.46. The molecular weight excluding hydrogens is 433 g/mol. The number of halogens is 3. The number of aliphatic hydroxyl groups excluding tert-OH is 1. The van der Waals surface area contributed by atoms with Crippen LogP contribution in [0.5, 0.6) is 11.8 Å². The van der Waals surface area contributed by atoms with Crippen molar-refractivity contribution < 1.29 is 37.3 Å². The number of urea groups is 1. The number of nitrogens with one attached hydrogen (secondary N) is 1. The third kappa shape index (κ3) is 5.17. The molecule has 0 bridgehead atoms. The highest BCUT2D eigenvalue weighted by Crippen LogP contribution is 2.34. The second-order valence-electron chi connectivity index (χ2n) is 8.17. The normalized spacial score (nSPS) is 27.1. The van der Waals surface area contributed by atoms with E-state index in [-0.39, 0.29) is 29.5 Å². The molecule has 1 aliphatic heterocycles. The number of amides is 3. The summed E-state index contributed by atoms with van der Waals surface area (Å²) in [6.45, 7) is 1.02. The van der Waals surface area contributed by atoms with Gasteiger partial charge in [-0.3, -0.25) is 9.69 Å². The Kier molecular flexibility index (Phi) is 7.01. The summed E-state index contributed by atoms with van der Waals surface area (Å²) >= 11 is 0. The maximum absolute atomic E-state index is 12.9. The molecule has 1 aliphatic carbocycles. The van der Waals surface area contributed by atoms with Crippen molar-refractivity contribution in [3.63, 3.8) is 0 Å². The molecule has 3 rings (SSSR count). The first-order valence-corrected chi connectivity index (χ1v) is 10.4. The molecule has 3 amide bonds. The fourth-order valence-electron chi connectivity index (χ4n) is 4.11. The van der Waals surface area contributed by atoms with Crippen molar-refractivity contribution in [1.29, 1.82) is 0 Å². The van der Waals surface area contributed by atoms with E-state index in [1.54, 1.807) is 0 Å². The Morgan fingerprint density at radius 2 is 2.00 bits per heavy atom. The number of hydrogen-bond donors (Lipinski definition) is 3. The zero-order valence-electron chi connectivity index (χ0n) is 17.8. The summed E-state index contributed by atoms with van der Waals surface area (Å²) in [6, 6.07) is 1.04. The Labute approximate surface area is 183 Å². The van der Waals surface area contributed by atoms with Gasteiger partial charge in [-0.2, -0.15) is 18.2 Å². The lowest BCUT2D eigenvalue weighted by molar-refractivity contribution is -0.174. The van der Waals surface area contributed by atoms with Gasteiger partial charge in [0.2, 0.25) is 11.8 Å². The van der Waals surface area contributed by atoms with Crippen LogP contribution >= 0.6 is 0 Å². The molecule has 4 N–H and O–H groups in total. The van der Waals surface area contributed by atoms with E-state index in [1.807, 2.05) is 0 Å². The van der Waals surface area contributed by atoms with Gasteiger partial charge in [-0.05, 0) is 38.2 Å². The van der Waals surface area contributed by atoms with Gasteiger partial charge in [0.1, 0.15) is 11.7 Å². The number of rotatable bonds is 7. The minimum absolute atomic E-state index is 0.0560. The summed E-state index contributed by atoms with van der Waals surface area (Å²) in [4.78, 5) is 29.4. The van der Waals surface area contributed by atoms with E-state index >= 15 is 0 Å². The number of ether oxygens (including phenoxy) is 2. The van der Waals surface area contributed by atoms with Crippen LogP contribution in [0.2, 0.25) is 0 Å². The molecule has 1 aromatic rings. The van der Waals surface area contributed by atoms with Crippen molar-refractivity contribution >= 4 is 11.9 Å². The highest BCUT2D eigenvalue weighted by atomic mass is 19.4. The summed E-state index contributed by atoms with van der Waals surface area (Å²) < 4.78 is 49.5. The van der Waals surface area contributed by atoms with Gasteiger partial charge in [0.25, 0.3) is 5.91 Å².